The van der Waals surface area contributed by atoms with Gasteiger partial charge in [-0.3, -0.25) is 9.69 Å². The number of likely N-dealkylation sites (N-methyl/N-ethyl adjacent to an activating group) is 1. The van der Waals surface area contributed by atoms with Crippen molar-refractivity contribution in [2.75, 3.05) is 26.8 Å². The predicted molar refractivity (Wildman–Crippen MR) is 155 cm³/mol. The van der Waals surface area contributed by atoms with Crippen LogP contribution in [0.25, 0.3) is 0 Å². The number of hydrogen-bond acceptors (Lipinski definition) is 6. The summed E-state index contributed by atoms with van der Waals surface area (Å²) in [6, 6.07) is 20.8. The van der Waals surface area contributed by atoms with Crippen molar-refractivity contribution in [2.45, 2.75) is 103 Å². The number of nitrogens with zero attached hydrogens (tertiary/aromatic N) is 1. The number of ether oxygens (including phenoxy) is 4. The van der Waals surface area contributed by atoms with E-state index in [1.807, 2.05) is 19.1 Å². The lowest BCUT2D eigenvalue weighted by molar-refractivity contribution is -0.143. The minimum atomic E-state index is -0.102. The van der Waals surface area contributed by atoms with Gasteiger partial charge in [0.05, 0.1) is 38.1 Å². The van der Waals surface area contributed by atoms with Crippen molar-refractivity contribution in [3.8, 4) is 0 Å². The third kappa shape index (κ3) is 11.0. The van der Waals surface area contributed by atoms with Crippen LogP contribution < -0.4 is 0 Å². The summed E-state index contributed by atoms with van der Waals surface area (Å²) in [5.41, 5.74) is 2.34. The maximum absolute atomic E-state index is 11.7. The maximum Gasteiger partial charge on any atom is 0.305 e. The maximum atomic E-state index is 11.7. The highest BCUT2D eigenvalue weighted by Crippen LogP contribution is 2.33. The van der Waals surface area contributed by atoms with Gasteiger partial charge in [0.15, 0.2) is 0 Å². The Morgan fingerprint density at radius 2 is 1.44 bits per heavy atom. The molecule has 0 saturated heterocycles. The Morgan fingerprint density at radius 1 is 0.795 bits per heavy atom. The minimum absolute atomic E-state index is 0.00619. The van der Waals surface area contributed by atoms with Crippen molar-refractivity contribution in [1.82, 2.24) is 4.90 Å². The first-order valence-corrected chi connectivity index (χ1v) is 14.9. The summed E-state index contributed by atoms with van der Waals surface area (Å²) in [6.45, 7) is 7.30. The number of carbonyl (C=O) groups excluding carboxylic acids is 1. The first-order chi connectivity index (χ1) is 19.1. The van der Waals surface area contributed by atoms with E-state index in [4.69, 9.17) is 18.9 Å². The number of hydrogen-bond donors (Lipinski definition) is 0. The summed E-state index contributed by atoms with van der Waals surface area (Å²) < 4.78 is 24.8. The molecule has 0 amide bonds. The van der Waals surface area contributed by atoms with Gasteiger partial charge in [-0.2, -0.15) is 0 Å². The van der Waals surface area contributed by atoms with Crippen LogP contribution in [0, 0.1) is 0 Å². The van der Waals surface area contributed by atoms with Gasteiger partial charge < -0.3 is 18.9 Å². The summed E-state index contributed by atoms with van der Waals surface area (Å²) in [6.07, 6.45) is 7.43. The van der Waals surface area contributed by atoms with Gasteiger partial charge in [0.1, 0.15) is 6.10 Å². The van der Waals surface area contributed by atoms with Crippen LogP contribution in [-0.4, -0.2) is 62.0 Å². The molecule has 0 spiro atoms. The Kier molecular flexibility index (Phi) is 14.6. The monoisotopic (exact) mass is 539 g/mol. The Labute approximate surface area is 236 Å². The van der Waals surface area contributed by atoms with Gasteiger partial charge >= 0.3 is 5.97 Å². The van der Waals surface area contributed by atoms with Crippen molar-refractivity contribution in [2.24, 2.45) is 0 Å². The Balaban J connectivity index is 1.67. The fourth-order valence-electron chi connectivity index (χ4n) is 5.32. The second-order valence-electron chi connectivity index (χ2n) is 10.5. The van der Waals surface area contributed by atoms with E-state index in [-0.39, 0.29) is 30.3 Å². The van der Waals surface area contributed by atoms with Crippen LogP contribution in [-0.2, 0) is 37.0 Å². The fraction of sp³-hybridized carbons (Fsp3) is 0.606. The van der Waals surface area contributed by atoms with Crippen LogP contribution in [0.2, 0.25) is 0 Å². The van der Waals surface area contributed by atoms with Crippen molar-refractivity contribution < 1.29 is 23.7 Å². The molecular formula is C33H49NO5. The standard InChI is InChI=1S/C33H49NO5/c1-4-6-16-23-37-33-30(39-26-28-19-12-8-13-20-28)24-29(38-25-27-17-10-7-11-18-27)32(33)34(3)22-15-9-14-21-31(35)36-5-2/h7-8,10-13,17-20,29-30,32-33H,4-6,9,14-16,21-26H2,1-3H3/t29-,30+,32+,33+/m1/s1. The van der Waals surface area contributed by atoms with Gasteiger partial charge in [0.25, 0.3) is 0 Å². The van der Waals surface area contributed by atoms with Crippen molar-refractivity contribution >= 4 is 5.97 Å². The van der Waals surface area contributed by atoms with Crippen molar-refractivity contribution in [3.63, 3.8) is 0 Å². The Bertz CT molecular complexity index is 909. The number of benzene rings is 2. The molecule has 0 bridgehead atoms. The highest BCUT2D eigenvalue weighted by atomic mass is 16.6. The molecule has 6 nitrogen and oxygen atoms in total. The molecule has 3 rings (SSSR count). The lowest BCUT2D eigenvalue weighted by Gasteiger charge is -2.34. The highest BCUT2D eigenvalue weighted by molar-refractivity contribution is 5.69. The van der Waals surface area contributed by atoms with Gasteiger partial charge in [-0.1, -0.05) is 86.8 Å². The zero-order valence-corrected chi connectivity index (χ0v) is 24.3. The van der Waals surface area contributed by atoms with Gasteiger partial charge in [0.2, 0.25) is 0 Å². The van der Waals surface area contributed by atoms with Crippen molar-refractivity contribution in [1.29, 1.82) is 0 Å². The normalized spacial score (nSPS) is 20.9. The molecule has 0 aliphatic heterocycles. The first-order valence-electron chi connectivity index (χ1n) is 14.9. The van der Waals surface area contributed by atoms with Crippen LogP contribution >= 0.6 is 0 Å². The molecule has 0 radical (unpaired) electrons. The summed E-state index contributed by atoms with van der Waals surface area (Å²) in [4.78, 5) is 14.1. The van der Waals surface area contributed by atoms with E-state index in [1.165, 1.54) is 17.5 Å². The molecule has 216 valence electrons. The molecule has 39 heavy (non-hydrogen) atoms. The smallest absolute Gasteiger partial charge is 0.305 e. The SMILES string of the molecule is CCCCCO[C@@H]1[C@@H](N(C)CCCCCC(=O)OCC)[C@H](OCc2ccccc2)C[C@@H]1OCc1ccccc1. The average Bonchev–Trinajstić information content (AvgIpc) is 3.31. The van der Waals surface area contributed by atoms with Gasteiger partial charge in [-0.05, 0) is 50.9 Å². The molecule has 0 aromatic heterocycles. The molecule has 2 aromatic carbocycles. The van der Waals surface area contributed by atoms with Crippen LogP contribution in [0.3, 0.4) is 0 Å². The molecule has 1 aliphatic carbocycles. The predicted octanol–water partition coefficient (Wildman–Crippen LogP) is 6.56. The van der Waals surface area contributed by atoms with E-state index >= 15 is 0 Å². The summed E-state index contributed by atoms with van der Waals surface area (Å²) in [5.74, 6) is -0.102. The molecule has 0 N–H and O–H groups in total. The van der Waals surface area contributed by atoms with Gasteiger partial charge in [0, 0.05) is 19.4 Å². The molecule has 1 aliphatic rings. The lowest BCUT2D eigenvalue weighted by Crippen LogP contribution is -2.48. The highest BCUT2D eigenvalue weighted by Gasteiger charge is 2.47. The fourth-order valence-corrected chi connectivity index (χ4v) is 5.32. The summed E-state index contributed by atoms with van der Waals surface area (Å²) in [5, 5.41) is 0. The molecule has 1 saturated carbocycles. The van der Waals surface area contributed by atoms with Crippen molar-refractivity contribution in [3.05, 3.63) is 71.8 Å². The molecule has 6 heteroatoms. The molecule has 2 aromatic rings. The quantitative estimate of drug-likeness (QED) is 0.149. The zero-order chi connectivity index (χ0) is 27.7. The Morgan fingerprint density at radius 3 is 2.05 bits per heavy atom. The van der Waals surface area contributed by atoms with Crippen LogP contribution in [0.1, 0.15) is 76.3 Å². The van der Waals surface area contributed by atoms with Crippen LogP contribution in [0.15, 0.2) is 60.7 Å². The number of rotatable bonds is 19. The lowest BCUT2D eigenvalue weighted by atomic mass is 10.1. The minimum Gasteiger partial charge on any atom is -0.466 e. The van der Waals surface area contributed by atoms with E-state index in [9.17, 15) is 4.79 Å². The molecule has 4 atom stereocenters. The first kappa shape index (κ1) is 31.3. The third-order valence-electron chi connectivity index (χ3n) is 7.43. The topological polar surface area (TPSA) is 57.2 Å². The average molecular weight is 540 g/mol. The molecule has 0 heterocycles. The third-order valence-corrected chi connectivity index (χ3v) is 7.43. The number of carbonyl (C=O) groups is 1. The zero-order valence-electron chi connectivity index (χ0n) is 24.3. The Hall–Kier alpha value is -2.25. The number of esters is 1. The van der Waals surface area contributed by atoms with E-state index in [2.05, 4.69) is 67.4 Å². The van der Waals surface area contributed by atoms with E-state index in [1.54, 1.807) is 0 Å². The van der Waals surface area contributed by atoms with E-state index in [0.717, 1.165) is 51.7 Å². The molecule has 1 fully saturated rings. The second kappa shape index (κ2) is 18.2. The summed E-state index contributed by atoms with van der Waals surface area (Å²) in [7, 11) is 2.18. The summed E-state index contributed by atoms with van der Waals surface area (Å²) >= 11 is 0. The van der Waals surface area contributed by atoms with Crippen LogP contribution in [0.4, 0.5) is 0 Å². The largest absolute Gasteiger partial charge is 0.466 e. The number of unbranched alkanes of at least 4 members (excludes halogenated alkanes) is 4. The second-order valence-corrected chi connectivity index (χ2v) is 10.5. The van der Waals surface area contributed by atoms with E-state index in [0.29, 0.717) is 26.2 Å². The molecular weight excluding hydrogens is 490 g/mol. The van der Waals surface area contributed by atoms with E-state index < -0.39 is 0 Å². The van der Waals surface area contributed by atoms with Gasteiger partial charge in [-0.15, -0.1) is 0 Å². The molecule has 0 unspecified atom stereocenters. The van der Waals surface area contributed by atoms with Crippen LogP contribution in [0.5, 0.6) is 0 Å². The van der Waals surface area contributed by atoms with Gasteiger partial charge in [-0.25, -0.2) is 0 Å².